The van der Waals surface area contributed by atoms with Crippen LogP contribution in [0.15, 0.2) is 63.5 Å². The highest BCUT2D eigenvalue weighted by molar-refractivity contribution is 7.12. The summed E-state index contributed by atoms with van der Waals surface area (Å²) in [6.07, 6.45) is 0.305. The van der Waals surface area contributed by atoms with E-state index in [4.69, 9.17) is 0 Å². The van der Waals surface area contributed by atoms with Gasteiger partial charge in [-0.25, -0.2) is 4.79 Å². The van der Waals surface area contributed by atoms with E-state index in [9.17, 15) is 19.2 Å². The smallest absolute Gasteiger partial charge is 0.330 e. The predicted molar refractivity (Wildman–Crippen MR) is 114 cm³/mol. The summed E-state index contributed by atoms with van der Waals surface area (Å²) in [5.41, 5.74) is 0.345. The maximum Gasteiger partial charge on any atom is 0.330 e. The topological polar surface area (TPSA) is 102 Å². The molecule has 0 spiro atoms. The van der Waals surface area contributed by atoms with Gasteiger partial charge in [-0.05, 0) is 17.0 Å². The van der Waals surface area contributed by atoms with E-state index >= 15 is 0 Å². The first-order valence-electron chi connectivity index (χ1n) is 9.28. The summed E-state index contributed by atoms with van der Waals surface area (Å²) in [5.74, 6) is -0.737. The monoisotopic (exact) mass is 426 g/mol. The van der Waals surface area contributed by atoms with E-state index in [1.54, 1.807) is 17.5 Å². The molecule has 2 aromatic heterocycles. The molecule has 0 saturated carbocycles. The lowest BCUT2D eigenvalue weighted by atomic mass is 10.0. The lowest BCUT2D eigenvalue weighted by molar-refractivity contribution is -0.123. The van der Waals surface area contributed by atoms with Gasteiger partial charge in [-0.15, -0.1) is 11.3 Å². The average molecular weight is 426 g/mol. The summed E-state index contributed by atoms with van der Waals surface area (Å²) in [6.45, 7) is -0.0131. The van der Waals surface area contributed by atoms with Gasteiger partial charge in [-0.1, -0.05) is 36.4 Å². The Morgan fingerprint density at radius 3 is 2.43 bits per heavy atom. The van der Waals surface area contributed by atoms with Crippen molar-refractivity contribution in [3.8, 4) is 0 Å². The Morgan fingerprint density at radius 2 is 1.77 bits per heavy atom. The van der Waals surface area contributed by atoms with Gasteiger partial charge in [0.25, 0.3) is 11.5 Å². The third kappa shape index (κ3) is 4.93. The second-order valence-electron chi connectivity index (χ2n) is 6.79. The van der Waals surface area contributed by atoms with E-state index in [1.165, 1.54) is 36.1 Å². The second kappa shape index (κ2) is 9.36. The van der Waals surface area contributed by atoms with Crippen LogP contribution < -0.4 is 21.9 Å². The molecule has 1 atom stereocenters. The number of nitrogens with zero attached hydrogens (tertiary/aromatic N) is 2. The molecule has 156 valence electrons. The minimum absolute atomic E-state index is 0.0131. The van der Waals surface area contributed by atoms with Gasteiger partial charge < -0.3 is 10.6 Å². The third-order valence-corrected chi connectivity index (χ3v) is 5.59. The van der Waals surface area contributed by atoms with Crippen LogP contribution in [0.1, 0.15) is 20.9 Å². The zero-order valence-corrected chi connectivity index (χ0v) is 17.4. The van der Waals surface area contributed by atoms with E-state index in [2.05, 4.69) is 10.6 Å². The lowest BCUT2D eigenvalue weighted by Crippen LogP contribution is -2.48. The zero-order valence-electron chi connectivity index (χ0n) is 16.6. The maximum atomic E-state index is 12.9. The van der Waals surface area contributed by atoms with Crippen LogP contribution in [-0.4, -0.2) is 27.0 Å². The summed E-state index contributed by atoms with van der Waals surface area (Å²) in [7, 11) is 2.92. The van der Waals surface area contributed by atoms with Crippen LogP contribution in [0.25, 0.3) is 0 Å². The molecule has 9 heteroatoms. The maximum absolute atomic E-state index is 12.9. The summed E-state index contributed by atoms with van der Waals surface area (Å²) >= 11 is 1.29. The van der Waals surface area contributed by atoms with Crippen molar-refractivity contribution in [2.45, 2.75) is 19.0 Å². The number of thiophene rings is 1. The highest BCUT2D eigenvalue weighted by atomic mass is 32.1. The largest absolute Gasteiger partial charge is 0.349 e. The van der Waals surface area contributed by atoms with E-state index in [1.807, 2.05) is 30.3 Å². The fourth-order valence-electron chi connectivity index (χ4n) is 2.94. The van der Waals surface area contributed by atoms with Crippen LogP contribution in [0, 0.1) is 0 Å². The van der Waals surface area contributed by atoms with Crippen LogP contribution >= 0.6 is 11.3 Å². The van der Waals surface area contributed by atoms with Crippen LogP contribution in [0.3, 0.4) is 0 Å². The molecule has 30 heavy (non-hydrogen) atoms. The van der Waals surface area contributed by atoms with Gasteiger partial charge in [0, 0.05) is 32.3 Å². The van der Waals surface area contributed by atoms with Gasteiger partial charge in [0.1, 0.15) is 6.04 Å². The molecule has 0 bridgehead atoms. The van der Waals surface area contributed by atoms with Crippen molar-refractivity contribution in [1.29, 1.82) is 0 Å². The van der Waals surface area contributed by atoms with Crippen molar-refractivity contribution in [2.24, 2.45) is 14.1 Å². The van der Waals surface area contributed by atoms with E-state index < -0.39 is 23.2 Å². The number of carbonyl (C=O) groups excluding carboxylic acids is 2. The Bertz CT molecular complexity index is 1150. The summed E-state index contributed by atoms with van der Waals surface area (Å²) in [6, 6.07) is 13.3. The standard InChI is InChI=1S/C21H22N4O4S/c1-24-15(12-18(26)25(2)21(24)29)13-22-19(27)16(11-14-7-4-3-5-8-14)23-20(28)17-9-6-10-30-17/h3-10,12,16H,11,13H2,1-2H3,(H,22,27)(H,23,28)/t16-/m1/s1. The van der Waals surface area contributed by atoms with Crippen molar-refractivity contribution < 1.29 is 9.59 Å². The van der Waals surface area contributed by atoms with E-state index in [0.717, 1.165) is 10.1 Å². The Kier molecular flexibility index (Phi) is 6.63. The normalized spacial score (nSPS) is 11.7. The Morgan fingerprint density at radius 1 is 1.03 bits per heavy atom. The number of benzene rings is 1. The van der Waals surface area contributed by atoms with Crippen LogP contribution in [-0.2, 0) is 31.9 Å². The minimum atomic E-state index is -0.814. The lowest BCUT2D eigenvalue weighted by Gasteiger charge is -2.19. The molecule has 3 rings (SSSR count). The predicted octanol–water partition coefficient (Wildman–Crippen LogP) is 0.803. The minimum Gasteiger partial charge on any atom is -0.349 e. The first-order chi connectivity index (χ1) is 14.4. The number of nitrogens with one attached hydrogen (secondary N) is 2. The molecule has 0 unspecified atom stereocenters. The highest BCUT2D eigenvalue weighted by Crippen LogP contribution is 2.10. The SMILES string of the molecule is Cn1c(CNC(=O)[C@@H](Cc2ccccc2)NC(=O)c2cccs2)cc(=O)n(C)c1=O. The molecule has 0 radical (unpaired) electrons. The van der Waals surface area contributed by atoms with Gasteiger partial charge in [0.2, 0.25) is 5.91 Å². The Balaban J connectivity index is 1.77. The summed E-state index contributed by atoms with van der Waals surface area (Å²) < 4.78 is 2.29. The van der Waals surface area contributed by atoms with Crippen LogP contribution in [0.4, 0.5) is 0 Å². The quantitative estimate of drug-likeness (QED) is 0.583. The Hall–Kier alpha value is -3.46. The van der Waals surface area contributed by atoms with Crippen molar-refractivity contribution >= 4 is 23.2 Å². The third-order valence-electron chi connectivity index (χ3n) is 4.72. The average Bonchev–Trinajstić information content (AvgIpc) is 3.29. The fraction of sp³-hybridized carbons (Fsp3) is 0.238. The van der Waals surface area contributed by atoms with Gasteiger partial charge in [0.15, 0.2) is 0 Å². The molecule has 3 aromatic rings. The molecule has 0 saturated heterocycles. The zero-order chi connectivity index (χ0) is 21.7. The van der Waals surface area contributed by atoms with Gasteiger partial charge in [0.05, 0.1) is 11.4 Å². The number of aromatic nitrogens is 2. The number of hydrogen-bond acceptors (Lipinski definition) is 5. The molecule has 2 heterocycles. The molecule has 1 aromatic carbocycles. The van der Waals surface area contributed by atoms with Crippen molar-refractivity contribution in [3.05, 3.63) is 90.9 Å². The first-order valence-corrected chi connectivity index (χ1v) is 10.2. The van der Waals surface area contributed by atoms with Gasteiger partial charge in [-0.2, -0.15) is 0 Å². The van der Waals surface area contributed by atoms with Gasteiger partial charge >= 0.3 is 5.69 Å². The molecule has 2 N–H and O–H groups in total. The van der Waals surface area contributed by atoms with Crippen molar-refractivity contribution in [2.75, 3.05) is 0 Å². The molecular weight excluding hydrogens is 404 g/mol. The number of rotatable bonds is 7. The summed E-state index contributed by atoms with van der Waals surface area (Å²) in [4.78, 5) is 49.8. The first kappa shape index (κ1) is 21.3. The molecule has 0 fully saturated rings. The van der Waals surface area contributed by atoms with Crippen LogP contribution in [0.5, 0.6) is 0 Å². The number of amides is 2. The van der Waals surface area contributed by atoms with E-state index in [-0.39, 0.29) is 12.5 Å². The molecular formula is C21H22N4O4S. The van der Waals surface area contributed by atoms with E-state index in [0.29, 0.717) is 17.0 Å². The van der Waals surface area contributed by atoms with Gasteiger partial charge in [-0.3, -0.25) is 23.5 Å². The highest BCUT2D eigenvalue weighted by Gasteiger charge is 2.22. The fourth-order valence-corrected chi connectivity index (χ4v) is 3.57. The van der Waals surface area contributed by atoms with Crippen molar-refractivity contribution in [1.82, 2.24) is 19.8 Å². The Labute approximate surface area is 176 Å². The summed E-state index contributed by atoms with van der Waals surface area (Å²) in [5, 5.41) is 7.29. The molecule has 0 aliphatic carbocycles. The second-order valence-corrected chi connectivity index (χ2v) is 7.73. The number of carbonyl (C=O) groups is 2. The molecule has 0 aliphatic heterocycles. The van der Waals surface area contributed by atoms with Crippen molar-refractivity contribution in [3.63, 3.8) is 0 Å². The molecule has 0 aliphatic rings. The molecule has 8 nitrogen and oxygen atoms in total. The van der Waals surface area contributed by atoms with Crippen LogP contribution in [0.2, 0.25) is 0 Å². The molecule has 2 amide bonds. The number of hydrogen-bond donors (Lipinski definition) is 2.